The van der Waals surface area contributed by atoms with E-state index in [2.05, 4.69) is 20.8 Å². The number of nitrogens with zero attached hydrogens (tertiary/aromatic N) is 4. The van der Waals surface area contributed by atoms with E-state index in [1.165, 1.54) is 4.68 Å². The summed E-state index contributed by atoms with van der Waals surface area (Å²) < 4.78 is 37.0. The Balaban J connectivity index is 2.40. The monoisotopic (exact) mass is 223 g/mol. The molecular formula is C7H12F3N5. The SMILES string of the molecule is CNCc1nnnn1CCCC(F)(F)F. The van der Waals surface area contributed by atoms with Crippen LogP contribution in [0.2, 0.25) is 0 Å². The van der Waals surface area contributed by atoms with Gasteiger partial charge in [0, 0.05) is 13.0 Å². The second kappa shape index (κ2) is 5.06. The molecule has 0 unspecified atom stereocenters. The van der Waals surface area contributed by atoms with Crippen molar-refractivity contribution in [2.24, 2.45) is 0 Å². The van der Waals surface area contributed by atoms with E-state index in [-0.39, 0.29) is 13.0 Å². The summed E-state index contributed by atoms with van der Waals surface area (Å²) in [5.41, 5.74) is 0. The Kier molecular flexibility index (Phi) is 4.01. The molecule has 0 spiro atoms. The molecule has 0 aromatic carbocycles. The summed E-state index contributed by atoms with van der Waals surface area (Å²) in [6.45, 7) is 0.628. The fourth-order valence-corrected chi connectivity index (χ4v) is 1.11. The topological polar surface area (TPSA) is 55.6 Å². The predicted molar refractivity (Wildman–Crippen MR) is 45.9 cm³/mol. The molecule has 0 radical (unpaired) electrons. The van der Waals surface area contributed by atoms with Crippen LogP contribution >= 0.6 is 0 Å². The van der Waals surface area contributed by atoms with Crippen LogP contribution < -0.4 is 5.32 Å². The first-order valence-electron chi connectivity index (χ1n) is 4.49. The highest BCUT2D eigenvalue weighted by Crippen LogP contribution is 2.21. The van der Waals surface area contributed by atoms with E-state index < -0.39 is 12.6 Å². The van der Waals surface area contributed by atoms with Crippen molar-refractivity contribution >= 4 is 0 Å². The van der Waals surface area contributed by atoms with Crippen LogP contribution in [0.3, 0.4) is 0 Å². The maximum atomic E-state index is 11.9. The highest BCUT2D eigenvalue weighted by atomic mass is 19.4. The van der Waals surface area contributed by atoms with Crippen molar-refractivity contribution in [3.8, 4) is 0 Å². The number of aryl methyl sites for hydroxylation is 1. The number of alkyl halides is 3. The van der Waals surface area contributed by atoms with Crippen molar-refractivity contribution in [1.82, 2.24) is 25.5 Å². The molecule has 86 valence electrons. The van der Waals surface area contributed by atoms with Crippen molar-refractivity contribution in [2.45, 2.75) is 32.1 Å². The van der Waals surface area contributed by atoms with E-state index in [9.17, 15) is 13.2 Å². The van der Waals surface area contributed by atoms with Crippen LogP contribution in [-0.4, -0.2) is 33.4 Å². The normalized spacial score (nSPS) is 12.0. The van der Waals surface area contributed by atoms with E-state index in [0.29, 0.717) is 12.4 Å². The molecule has 1 aromatic rings. The Hall–Kier alpha value is -1.18. The average molecular weight is 223 g/mol. The van der Waals surface area contributed by atoms with E-state index in [1.54, 1.807) is 7.05 Å². The van der Waals surface area contributed by atoms with Crippen molar-refractivity contribution in [3.05, 3.63) is 5.82 Å². The van der Waals surface area contributed by atoms with Gasteiger partial charge in [0.1, 0.15) is 0 Å². The zero-order chi connectivity index (χ0) is 11.3. The lowest BCUT2D eigenvalue weighted by Gasteiger charge is -2.06. The lowest BCUT2D eigenvalue weighted by molar-refractivity contribution is -0.136. The molecule has 1 rings (SSSR count). The average Bonchev–Trinajstić information content (AvgIpc) is 2.51. The molecule has 0 saturated carbocycles. The van der Waals surface area contributed by atoms with Gasteiger partial charge in [0.05, 0.1) is 6.54 Å². The van der Waals surface area contributed by atoms with Gasteiger partial charge in [0.15, 0.2) is 5.82 Å². The summed E-state index contributed by atoms with van der Waals surface area (Å²) in [5.74, 6) is 0.541. The summed E-state index contributed by atoms with van der Waals surface area (Å²) in [5, 5.41) is 13.5. The molecule has 0 aliphatic carbocycles. The maximum absolute atomic E-state index is 11.9. The van der Waals surface area contributed by atoms with Crippen LogP contribution in [-0.2, 0) is 13.1 Å². The maximum Gasteiger partial charge on any atom is 0.389 e. The van der Waals surface area contributed by atoms with Gasteiger partial charge in [0.25, 0.3) is 0 Å². The van der Waals surface area contributed by atoms with Gasteiger partial charge in [-0.25, -0.2) is 4.68 Å². The Morgan fingerprint density at radius 2 is 2.13 bits per heavy atom. The molecule has 0 bridgehead atoms. The number of hydrogen-bond donors (Lipinski definition) is 1. The van der Waals surface area contributed by atoms with Gasteiger partial charge < -0.3 is 5.32 Å². The van der Waals surface area contributed by atoms with Gasteiger partial charge >= 0.3 is 6.18 Å². The summed E-state index contributed by atoms with van der Waals surface area (Å²) in [7, 11) is 1.72. The van der Waals surface area contributed by atoms with Crippen molar-refractivity contribution in [1.29, 1.82) is 0 Å². The summed E-state index contributed by atoms with van der Waals surface area (Å²) in [4.78, 5) is 0. The highest BCUT2D eigenvalue weighted by molar-refractivity contribution is 4.78. The summed E-state index contributed by atoms with van der Waals surface area (Å²) in [6, 6.07) is 0. The predicted octanol–water partition coefficient (Wildman–Crippen LogP) is 0.735. The minimum atomic E-state index is -4.11. The Morgan fingerprint density at radius 3 is 2.73 bits per heavy atom. The third-order valence-corrected chi connectivity index (χ3v) is 1.77. The molecule has 1 heterocycles. The highest BCUT2D eigenvalue weighted by Gasteiger charge is 2.26. The summed E-state index contributed by atoms with van der Waals surface area (Å²) in [6.07, 6.45) is -4.94. The third kappa shape index (κ3) is 4.24. The number of nitrogens with one attached hydrogen (secondary N) is 1. The van der Waals surface area contributed by atoms with E-state index in [1.807, 2.05) is 0 Å². The number of rotatable bonds is 5. The lowest BCUT2D eigenvalue weighted by atomic mass is 10.3. The van der Waals surface area contributed by atoms with Crippen LogP contribution in [0, 0.1) is 0 Å². The molecule has 1 aromatic heterocycles. The van der Waals surface area contributed by atoms with Crippen LogP contribution in [0.25, 0.3) is 0 Å². The molecular weight excluding hydrogens is 211 g/mol. The van der Waals surface area contributed by atoms with Crippen LogP contribution in [0.15, 0.2) is 0 Å². The smallest absolute Gasteiger partial charge is 0.313 e. The van der Waals surface area contributed by atoms with E-state index >= 15 is 0 Å². The minimum absolute atomic E-state index is 0.00868. The first-order chi connectivity index (χ1) is 7.03. The molecule has 0 saturated heterocycles. The largest absolute Gasteiger partial charge is 0.389 e. The second-order valence-electron chi connectivity index (χ2n) is 3.07. The Labute approximate surface area is 84.7 Å². The van der Waals surface area contributed by atoms with Crippen molar-refractivity contribution in [3.63, 3.8) is 0 Å². The van der Waals surface area contributed by atoms with Gasteiger partial charge in [-0.3, -0.25) is 0 Å². The minimum Gasteiger partial charge on any atom is -0.313 e. The Bertz CT molecular complexity index is 295. The fourth-order valence-electron chi connectivity index (χ4n) is 1.11. The molecule has 0 aliphatic heterocycles. The number of tetrazole rings is 1. The molecule has 0 amide bonds. The molecule has 5 nitrogen and oxygen atoms in total. The standard InChI is InChI=1S/C7H12F3N5/c1-11-5-6-12-13-14-15(6)4-2-3-7(8,9)10/h11H,2-5H2,1H3. The number of halogens is 3. The number of aromatic nitrogens is 4. The zero-order valence-corrected chi connectivity index (χ0v) is 8.25. The number of hydrogen-bond acceptors (Lipinski definition) is 4. The van der Waals surface area contributed by atoms with Crippen LogP contribution in [0.1, 0.15) is 18.7 Å². The van der Waals surface area contributed by atoms with Crippen LogP contribution in [0.4, 0.5) is 13.2 Å². The van der Waals surface area contributed by atoms with E-state index in [4.69, 9.17) is 0 Å². The summed E-state index contributed by atoms with van der Waals surface area (Å²) >= 11 is 0. The lowest BCUT2D eigenvalue weighted by Crippen LogP contribution is -2.15. The van der Waals surface area contributed by atoms with Gasteiger partial charge in [-0.2, -0.15) is 13.2 Å². The van der Waals surface area contributed by atoms with Crippen molar-refractivity contribution in [2.75, 3.05) is 7.05 Å². The molecule has 8 heteroatoms. The quantitative estimate of drug-likeness (QED) is 0.799. The third-order valence-electron chi connectivity index (χ3n) is 1.77. The zero-order valence-electron chi connectivity index (χ0n) is 8.25. The van der Waals surface area contributed by atoms with Crippen molar-refractivity contribution < 1.29 is 13.2 Å². The fraction of sp³-hybridized carbons (Fsp3) is 0.857. The molecule has 0 aliphatic rings. The first-order valence-corrected chi connectivity index (χ1v) is 4.49. The van der Waals surface area contributed by atoms with Gasteiger partial charge in [-0.1, -0.05) is 0 Å². The van der Waals surface area contributed by atoms with Gasteiger partial charge in [-0.05, 0) is 23.9 Å². The van der Waals surface area contributed by atoms with E-state index in [0.717, 1.165) is 0 Å². The van der Waals surface area contributed by atoms with Crippen LogP contribution in [0.5, 0.6) is 0 Å². The van der Waals surface area contributed by atoms with Gasteiger partial charge in [0.2, 0.25) is 0 Å². The molecule has 15 heavy (non-hydrogen) atoms. The van der Waals surface area contributed by atoms with Gasteiger partial charge in [-0.15, -0.1) is 5.10 Å². The molecule has 1 N–H and O–H groups in total. The first kappa shape index (κ1) is 11.9. The molecule has 0 atom stereocenters. The molecule has 0 fully saturated rings. The Morgan fingerprint density at radius 1 is 1.40 bits per heavy atom. The second-order valence-corrected chi connectivity index (χ2v) is 3.07.